The third-order valence-corrected chi connectivity index (χ3v) is 6.06. The molecule has 0 fully saturated rings. The van der Waals surface area contributed by atoms with Crippen LogP contribution in [-0.2, 0) is 19.4 Å². The summed E-state index contributed by atoms with van der Waals surface area (Å²) in [5.41, 5.74) is 10.3. The number of anilines is 1. The SMILES string of the molecule is Cc1c(NC(=O)c2ccccc2CN)sc2c1CC(C)(C)CC2. The van der Waals surface area contributed by atoms with Gasteiger partial charge in [-0.1, -0.05) is 32.0 Å². The first kappa shape index (κ1) is 16.2. The van der Waals surface area contributed by atoms with Crippen LogP contribution in [0.5, 0.6) is 0 Å². The summed E-state index contributed by atoms with van der Waals surface area (Å²) in [6, 6.07) is 7.53. The van der Waals surface area contributed by atoms with Crippen LogP contribution in [0.15, 0.2) is 24.3 Å². The number of thiophene rings is 1. The molecule has 1 aliphatic carbocycles. The molecule has 1 aromatic carbocycles. The molecule has 0 atom stereocenters. The molecule has 1 aliphatic rings. The maximum Gasteiger partial charge on any atom is 0.256 e. The summed E-state index contributed by atoms with van der Waals surface area (Å²) in [6.45, 7) is 7.14. The largest absolute Gasteiger partial charge is 0.326 e. The predicted octanol–water partition coefficient (Wildman–Crippen LogP) is 4.28. The molecule has 0 spiro atoms. The number of aryl methyl sites for hydroxylation is 1. The minimum absolute atomic E-state index is 0.0630. The van der Waals surface area contributed by atoms with Gasteiger partial charge in [0.1, 0.15) is 0 Å². The first-order valence-electron chi connectivity index (χ1n) is 8.12. The number of carbonyl (C=O) groups excluding carboxylic acids is 1. The first-order valence-corrected chi connectivity index (χ1v) is 8.93. The highest BCUT2D eigenvalue weighted by Crippen LogP contribution is 2.43. The molecule has 1 aromatic heterocycles. The summed E-state index contributed by atoms with van der Waals surface area (Å²) in [5.74, 6) is -0.0630. The standard InChI is InChI=1S/C19H24N2OS/c1-12-15-10-19(2,3)9-8-16(15)23-18(12)21-17(22)14-7-5-4-6-13(14)11-20/h4-7H,8-11,20H2,1-3H3,(H,21,22). The van der Waals surface area contributed by atoms with Gasteiger partial charge < -0.3 is 11.1 Å². The van der Waals surface area contributed by atoms with Crippen LogP contribution >= 0.6 is 11.3 Å². The predicted molar refractivity (Wildman–Crippen MR) is 97.1 cm³/mol. The number of nitrogens with two attached hydrogens (primary N) is 1. The lowest BCUT2D eigenvalue weighted by Gasteiger charge is -2.29. The fourth-order valence-electron chi connectivity index (χ4n) is 3.27. The topological polar surface area (TPSA) is 55.1 Å². The molecule has 0 saturated heterocycles. The van der Waals surface area contributed by atoms with Gasteiger partial charge in [-0.3, -0.25) is 4.79 Å². The summed E-state index contributed by atoms with van der Waals surface area (Å²) in [5, 5.41) is 4.10. The molecular formula is C19H24N2OS. The lowest BCUT2D eigenvalue weighted by Crippen LogP contribution is -2.21. The van der Waals surface area contributed by atoms with Crippen LogP contribution in [0.2, 0.25) is 0 Å². The molecule has 4 heteroatoms. The van der Waals surface area contributed by atoms with Crippen molar-refractivity contribution in [3.63, 3.8) is 0 Å². The summed E-state index contributed by atoms with van der Waals surface area (Å²) in [6.07, 6.45) is 3.42. The lowest BCUT2D eigenvalue weighted by atomic mass is 9.76. The Bertz CT molecular complexity index is 746. The highest BCUT2D eigenvalue weighted by Gasteiger charge is 2.29. The van der Waals surface area contributed by atoms with Crippen LogP contribution in [0.25, 0.3) is 0 Å². The van der Waals surface area contributed by atoms with Crippen LogP contribution in [0.4, 0.5) is 5.00 Å². The van der Waals surface area contributed by atoms with Crippen molar-refractivity contribution in [2.45, 2.75) is 46.6 Å². The van der Waals surface area contributed by atoms with Crippen molar-refractivity contribution >= 4 is 22.2 Å². The smallest absolute Gasteiger partial charge is 0.256 e. The van der Waals surface area contributed by atoms with Gasteiger partial charge >= 0.3 is 0 Å². The van der Waals surface area contributed by atoms with Crippen molar-refractivity contribution in [1.82, 2.24) is 0 Å². The van der Waals surface area contributed by atoms with E-state index in [0.29, 0.717) is 17.5 Å². The summed E-state index contributed by atoms with van der Waals surface area (Å²) in [4.78, 5) is 14.1. The van der Waals surface area contributed by atoms with Crippen molar-refractivity contribution in [3.8, 4) is 0 Å². The van der Waals surface area contributed by atoms with Crippen LogP contribution in [0.3, 0.4) is 0 Å². The minimum atomic E-state index is -0.0630. The van der Waals surface area contributed by atoms with E-state index >= 15 is 0 Å². The number of rotatable bonds is 3. The number of carbonyl (C=O) groups is 1. The average molecular weight is 328 g/mol. The van der Waals surface area contributed by atoms with Gasteiger partial charge in [-0.2, -0.15) is 0 Å². The zero-order valence-corrected chi connectivity index (χ0v) is 14.8. The molecule has 0 aliphatic heterocycles. The third-order valence-electron chi connectivity index (χ3n) is 4.75. The van der Waals surface area contributed by atoms with Gasteiger partial charge in [0.05, 0.1) is 5.00 Å². The molecular weight excluding hydrogens is 304 g/mol. The first-order chi connectivity index (χ1) is 10.9. The number of amides is 1. The number of benzene rings is 1. The van der Waals surface area contributed by atoms with Gasteiger partial charge in [0.2, 0.25) is 0 Å². The van der Waals surface area contributed by atoms with Gasteiger partial charge in [0, 0.05) is 17.0 Å². The maximum atomic E-state index is 12.6. The number of fused-ring (bicyclic) bond motifs is 1. The van der Waals surface area contributed by atoms with E-state index in [1.165, 1.54) is 22.4 Å². The summed E-state index contributed by atoms with van der Waals surface area (Å²) < 4.78 is 0. The number of nitrogens with one attached hydrogen (secondary N) is 1. The fourth-order valence-corrected chi connectivity index (χ4v) is 4.49. The van der Waals surface area contributed by atoms with Crippen LogP contribution in [0.1, 0.15) is 52.2 Å². The van der Waals surface area contributed by atoms with E-state index in [9.17, 15) is 4.79 Å². The Morgan fingerprint density at radius 1 is 1.35 bits per heavy atom. The average Bonchev–Trinajstić information content (AvgIpc) is 2.82. The lowest BCUT2D eigenvalue weighted by molar-refractivity contribution is 0.102. The maximum absolute atomic E-state index is 12.6. The van der Waals surface area contributed by atoms with E-state index in [1.807, 2.05) is 24.3 Å². The van der Waals surface area contributed by atoms with E-state index < -0.39 is 0 Å². The van der Waals surface area contributed by atoms with Gasteiger partial charge in [-0.05, 0) is 54.4 Å². The Morgan fingerprint density at radius 2 is 2.09 bits per heavy atom. The van der Waals surface area contributed by atoms with Crippen molar-refractivity contribution < 1.29 is 4.79 Å². The van der Waals surface area contributed by atoms with Gasteiger partial charge in [-0.25, -0.2) is 0 Å². The molecule has 122 valence electrons. The Balaban J connectivity index is 1.87. The fraction of sp³-hybridized carbons (Fsp3) is 0.421. The molecule has 1 amide bonds. The molecule has 3 nitrogen and oxygen atoms in total. The van der Waals surface area contributed by atoms with E-state index in [4.69, 9.17) is 5.73 Å². The third kappa shape index (κ3) is 3.19. The van der Waals surface area contributed by atoms with Crippen LogP contribution in [0, 0.1) is 12.3 Å². The van der Waals surface area contributed by atoms with Crippen molar-refractivity contribution in [1.29, 1.82) is 0 Å². The Hall–Kier alpha value is -1.65. The zero-order valence-electron chi connectivity index (χ0n) is 14.0. The summed E-state index contributed by atoms with van der Waals surface area (Å²) >= 11 is 1.74. The van der Waals surface area contributed by atoms with Crippen molar-refractivity contribution in [2.24, 2.45) is 11.1 Å². The molecule has 0 bridgehead atoms. The normalized spacial score (nSPS) is 16.0. The highest BCUT2D eigenvalue weighted by molar-refractivity contribution is 7.16. The highest BCUT2D eigenvalue weighted by atomic mass is 32.1. The monoisotopic (exact) mass is 328 g/mol. The number of hydrogen-bond donors (Lipinski definition) is 2. The quantitative estimate of drug-likeness (QED) is 0.883. The Morgan fingerprint density at radius 3 is 2.83 bits per heavy atom. The van der Waals surface area contributed by atoms with E-state index in [1.54, 1.807) is 11.3 Å². The Kier molecular flexibility index (Phi) is 4.30. The molecule has 0 saturated carbocycles. The van der Waals surface area contributed by atoms with Gasteiger partial charge in [-0.15, -0.1) is 11.3 Å². The van der Waals surface area contributed by atoms with Crippen LogP contribution in [-0.4, -0.2) is 5.91 Å². The van der Waals surface area contributed by atoms with E-state index in [2.05, 4.69) is 26.1 Å². The molecule has 0 unspecified atom stereocenters. The second-order valence-corrected chi connectivity index (χ2v) is 8.22. The minimum Gasteiger partial charge on any atom is -0.326 e. The van der Waals surface area contributed by atoms with Gasteiger partial charge in [0.25, 0.3) is 5.91 Å². The molecule has 1 heterocycles. The molecule has 3 N–H and O–H groups in total. The van der Waals surface area contributed by atoms with Gasteiger partial charge in [0.15, 0.2) is 0 Å². The molecule has 0 radical (unpaired) electrons. The van der Waals surface area contributed by atoms with Crippen molar-refractivity contribution in [3.05, 3.63) is 51.4 Å². The molecule has 23 heavy (non-hydrogen) atoms. The zero-order chi connectivity index (χ0) is 16.6. The van der Waals surface area contributed by atoms with Crippen molar-refractivity contribution in [2.75, 3.05) is 5.32 Å². The second kappa shape index (κ2) is 6.10. The van der Waals surface area contributed by atoms with E-state index in [0.717, 1.165) is 23.4 Å². The summed E-state index contributed by atoms with van der Waals surface area (Å²) in [7, 11) is 0. The second-order valence-electron chi connectivity index (χ2n) is 7.11. The number of hydrogen-bond acceptors (Lipinski definition) is 3. The van der Waals surface area contributed by atoms with Crippen LogP contribution < -0.4 is 11.1 Å². The molecule has 2 aromatic rings. The van der Waals surface area contributed by atoms with E-state index in [-0.39, 0.29) is 5.91 Å². The molecule has 3 rings (SSSR count). The Labute approximate surface area is 141 Å².